The summed E-state index contributed by atoms with van der Waals surface area (Å²) in [4.78, 5) is 0. The summed E-state index contributed by atoms with van der Waals surface area (Å²) in [5.74, 6) is 0. The first-order valence-electron chi connectivity index (χ1n) is 5.65. The maximum atomic E-state index is 5.75. The zero-order valence-electron chi connectivity index (χ0n) is 9.99. The Bertz CT molecular complexity index is 232. The highest BCUT2D eigenvalue weighted by molar-refractivity contribution is 5.21. The van der Waals surface area contributed by atoms with Gasteiger partial charge in [0.15, 0.2) is 0 Å². The fraction of sp³-hybridized carbons (Fsp3) is 0.667. The summed E-state index contributed by atoms with van der Waals surface area (Å²) in [7, 11) is 1.94. The third-order valence-electron chi connectivity index (χ3n) is 2.64. The predicted molar refractivity (Wildman–Crippen MR) is 63.6 cm³/mol. The number of rotatable bonds is 6. The summed E-state index contributed by atoms with van der Waals surface area (Å²) in [5, 5.41) is 2.13. The van der Waals surface area contributed by atoms with Gasteiger partial charge >= 0.3 is 0 Å². The van der Waals surface area contributed by atoms with Gasteiger partial charge in [-0.25, -0.2) is 5.01 Å². The number of likely N-dealkylation sites (N-methyl/N-ethyl adjacent to an activating group) is 1. The summed E-state index contributed by atoms with van der Waals surface area (Å²) in [5.41, 5.74) is 4.45. The van der Waals surface area contributed by atoms with E-state index in [0.717, 1.165) is 26.1 Å². The molecule has 0 radical (unpaired) electrons. The van der Waals surface area contributed by atoms with Gasteiger partial charge in [0.2, 0.25) is 0 Å². The van der Waals surface area contributed by atoms with Crippen molar-refractivity contribution < 1.29 is 4.74 Å². The smallest absolute Gasteiger partial charge is 0.0794 e. The summed E-state index contributed by atoms with van der Waals surface area (Å²) in [6, 6.07) is 0. The number of ether oxygens (including phenoxy) is 1. The lowest BCUT2D eigenvalue weighted by Gasteiger charge is -2.21. The van der Waals surface area contributed by atoms with Crippen molar-refractivity contribution in [3.63, 3.8) is 0 Å². The standard InChI is InChI=1S/C12H22N2O/c1-4-14(13-3)9-10-15-12-7-5-11(2)6-8-12/h5-7,12-13H,4,8-10H2,1-3H3. The molecule has 0 aromatic heterocycles. The van der Waals surface area contributed by atoms with Crippen molar-refractivity contribution in [2.75, 3.05) is 26.7 Å². The second kappa shape index (κ2) is 6.77. The molecule has 1 unspecified atom stereocenters. The molecule has 3 heteroatoms. The molecule has 1 aliphatic rings. The SMILES string of the molecule is CCN(CCOC1C=CC(C)=CC1)NC. The molecule has 0 aromatic rings. The molecule has 86 valence electrons. The molecule has 0 bridgehead atoms. The van der Waals surface area contributed by atoms with Gasteiger partial charge < -0.3 is 4.74 Å². The molecule has 1 N–H and O–H groups in total. The maximum absolute atomic E-state index is 5.75. The Morgan fingerprint density at radius 1 is 1.60 bits per heavy atom. The van der Waals surface area contributed by atoms with Crippen LogP contribution in [-0.4, -0.2) is 37.9 Å². The van der Waals surface area contributed by atoms with Crippen LogP contribution in [0.15, 0.2) is 23.8 Å². The van der Waals surface area contributed by atoms with Crippen LogP contribution >= 0.6 is 0 Å². The van der Waals surface area contributed by atoms with Crippen LogP contribution in [0, 0.1) is 0 Å². The number of allylic oxidation sites excluding steroid dienone is 2. The molecule has 0 aromatic carbocycles. The molecule has 1 rings (SSSR count). The summed E-state index contributed by atoms with van der Waals surface area (Å²) >= 11 is 0. The molecule has 3 nitrogen and oxygen atoms in total. The van der Waals surface area contributed by atoms with Crippen molar-refractivity contribution in [1.82, 2.24) is 10.4 Å². The first kappa shape index (κ1) is 12.4. The molecular weight excluding hydrogens is 188 g/mol. The van der Waals surface area contributed by atoms with Gasteiger partial charge in [0.05, 0.1) is 12.7 Å². The van der Waals surface area contributed by atoms with E-state index >= 15 is 0 Å². The van der Waals surface area contributed by atoms with Gasteiger partial charge in [0.25, 0.3) is 0 Å². The molecular formula is C12H22N2O. The van der Waals surface area contributed by atoms with Crippen molar-refractivity contribution in [1.29, 1.82) is 0 Å². The van der Waals surface area contributed by atoms with Crippen molar-refractivity contribution in [2.24, 2.45) is 0 Å². The van der Waals surface area contributed by atoms with E-state index < -0.39 is 0 Å². The Morgan fingerprint density at radius 2 is 2.40 bits per heavy atom. The average Bonchev–Trinajstić information content (AvgIpc) is 2.27. The van der Waals surface area contributed by atoms with Crippen LogP contribution in [0.3, 0.4) is 0 Å². The van der Waals surface area contributed by atoms with Gasteiger partial charge in [-0.05, 0) is 20.4 Å². The van der Waals surface area contributed by atoms with E-state index in [1.807, 2.05) is 7.05 Å². The zero-order valence-corrected chi connectivity index (χ0v) is 9.99. The van der Waals surface area contributed by atoms with E-state index in [2.05, 4.69) is 42.5 Å². The Hall–Kier alpha value is -0.640. The zero-order chi connectivity index (χ0) is 11.1. The third kappa shape index (κ3) is 4.60. The minimum Gasteiger partial charge on any atom is -0.372 e. The van der Waals surface area contributed by atoms with Crippen LogP contribution in [0.1, 0.15) is 20.3 Å². The molecule has 1 atom stereocenters. The average molecular weight is 210 g/mol. The highest BCUT2D eigenvalue weighted by atomic mass is 16.5. The van der Waals surface area contributed by atoms with Gasteiger partial charge in [-0.1, -0.05) is 30.7 Å². The molecule has 0 saturated heterocycles. The molecule has 0 heterocycles. The molecule has 0 saturated carbocycles. The van der Waals surface area contributed by atoms with Gasteiger partial charge in [-0.15, -0.1) is 0 Å². The van der Waals surface area contributed by atoms with E-state index in [0.29, 0.717) is 0 Å². The Balaban J connectivity index is 2.14. The van der Waals surface area contributed by atoms with Gasteiger partial charge in [-0.3, -0.25) is 5.43 Å². The highest BCUT2D eigenvalue weighted by Crippen LogP contribution is 2.12. The predicted octanol–water partition coefficient (Wildman–Crippen LogP) is 1.73. The van der Waals surface area contributed by atoms with Gasteiger partial charge in [-0.2, -0.15) is 0 Å². The Morgan fingerprint density at radius 3 is 2.93 bits per heavy atom. The van der Waals surface area contributed by atoms with E-state index in [-0.39, 0.29) is 6.10 Å². The second-order valence-electron chi connectivity index (χ2n) is 3.76. The molecule has 15 heavy (non-hydrogen) atoms. The number of hydrogen-bond donors (Lipinski definition) is 1. The van der Waals surface area contributed by atoms with Crippen LogP contribution in [0.25, 0.3) is 0 Å². The van der Waals surface area contributed by atoms with Crippen molar-refractivity contribution in [3.05, 3.63) is 23.8 Å². The number of nitrogens with zero attached hydrogens (tertiary/aromatic N) is 1. The summed E-state index contributed by atoms with van der Waals surface area (Å²) < 4.78 is 5.75. The molecule has 0 fully saturated rings. The first-order chi connectivity index (χ1) is 7.26. The van der Waals surface area contributed by atoms with E-state index in [9.17, 15) is 0 Å². The first-order valence-corrected chi connectivity index (χ1v) is 5.65. The topological polar surface area (TPSA) is 24.5 Å². The lowest BCUT2D eigenvalue weighted by Crippen LogP contribution is -2.37. The lowest BCUT2D eigenvalue weighted by atomic mass is 10.1. The van der Waals surface area contributed by atoms with Crippen LogP contribution in [0.2, 0.25) is 0 Å². The molecule has 0 aliphatic heterocycles. The highest BCUT2D eigenvalue weighted by Gasteiger charge is 2.07. The molecule has 1 aliphatic carbocycles. The monoisotopic (exact) mass is 210 g/mol. The number of hydrazine groups is 1. The number of hydrogen-bond acceptors (Lipinski definition) is 3. The largest absolute Gasteiger partial charge is 0.372 e. The molecule has 0 spiro atoms. The summed E-state index contributed by atoms with van der Waals surface area (Å²) in [6.45, 7) is 6.95. The van der Waals surface area contributed by atoms with Gasteiger partial charge in [0.1, 0.15) is 0 Å². The quantitative estimate of drug-likeness (QED) is 0.676. The summed E-state index contributed by atoms with van der Waals surface area (Å²) in [6.07, 6.45) is 7.77. The van der Waals surface area contributed by atoms with Crippen LogP contribution in [0.5, 0.6) is 0 Å². The van der Waals surface area contributed by atoms with Crippen molar-refractivity contribution in [2.45, 2.75) is 26.4 Å². The van der Waals surface area contributed by atoms with Crippen LogP contribution < -0.4 is 5.43 Å². The maximum Gasteiger partial charge on any atom is 0.0794 e. The fourth-order valence-electron chi connectivity index (χ4n) is 1.57. The minimum absolute atomic E-state index is 0.268. The van der Waals surface area contributed by atoms with E-state index in [4.69, 9.17) is 4.74 Å². The number of nitrogens with one attached hydrogen (secondary N) is 1. The fourth-order valence-corrected chi connectivity index (χ4v) is 1.57. The normalized spacial score (nSPS) is 20.8. The van der Waals surface area contributed by atoms with Crippen LogP contribution in [0.4, 0.5) is 0 Å². The lowest BCUT2D eigenvalue weighted by molar-refractivity contribution is 0.0564. The van der Waals surface area contributed by atoms with E-state index in [1.54, 1.807) is 0 Å². The van der Waals surface area contributed by atoms with E-state index in [1.165, 1.54) is 5.57 Å². The third-order valence-corrected chi connectivity index (χ3v) is 2.64. The van der Waals surface area contributed by atoms with Gasteiger partial charge in [0, 0.05) is 13.1 Å². The van der Waals surface area contributed by atoms with Crippen LogP contribution in [-0.2, 0) is 4.74 Å². The van der Waals surface area contributed by atoms with Crippen molar-refractivity contribution >= 4 is 0 Å². The Labute approximate surface area is 92.8 Å². The van der Waals surface area contributed by atoms with Crippen molar-refractivity contribution in [3.8, 4) is 0 Å². The minimum atomic E-state index is 0.268. The Kier molecular flexibility index (Phi) is 5.61. The molecule has 0 amide bonds. The second-order valence-corrected chi connectivity index (χ2v) is 3.76.